The molecule has 6 aromatic rings. The molecule has 0 fully saturated rings. The van der Waals surface area contributed by atoms with E-state index < -0.39 is 0 Å². The SMILES string of the molecule is CC(C)CC(Sc1ccc(-c2ccc3ncccc3c2)cc1)C(=O)NCC#N.CC(C)CC(Sc1ccc(-c2cccc3ccsc23)cc1)C(=O)NCC#N. The van der Waals surface area contributed by atoms with Crippen molar-refractivity contribution in [1.29, 1.82) is 10.5 Å². The van der Waals surface area contributed by atoms with Gasteiger partial charge in [0.25, 0.3) is 0 Å². The van der Waals surface area contributed by atoms with E-state index in [1.807, 2.05) is 24.3 Å². The zero-order valence-corrected chi connectivity index (χ0v) is 33.9. The van der Waals surface area contributed by atoms with Crippen LogP contribution in [0.25, 0.3) is 43.2 Å². The highest BCUT2D eigenvalue weighted by atomic mass is 32.2. The van der Waals surface area contributed by atoms with Gasteiger partial charge >= 0.3 is 0 Å². The van der Waals surface area contributed by atoms with Gasteiger partial charge in [-0.1, -0.05) is 82.3 Å². The summed E-state index contributed by atoms with van der Waals surface area (Å²) in [7, 11) is 0. The van der Waals surface area contributed by atoms with Crippen molar-refractivity contribution in [3.8, 4) is 34.4 Å². The highest BCUT2D eigenvalue weighted by Gasteiger charge is 2.22. The molecule has 0 aliphatic heterocycles. The van der Waals surface area contributed by atoms with Gasteiger partial charge in [-0.15, -0.1) is 34.9 Å². The maximum absolute atomic E-state index is 12.4. The highest BCUT2D eigenvalue weighted by molar-refractivity contribution is 8.00. The van der Waals surface area contributed by atoms with Gasteiger partial charge in [-0.2, -0.15) is 10.5 Å². The lowest BCUT2D eigenvalue weighted by Gasteiger charge is -2.17. The van der Waals surface area contributed by atoms with Crippen LogP contribution in [-0.2, 0) is 9.59 Å². The number of thiophene rings is 1. The Bertz CT molecular complexity index is 2270. The zero-order chi connectivity index (χ0) is 39.2. The van der Waals surface area contributed by atoms with E-state index in [0.717, 1.165) is 44.7 Å². The molecule has 2 N–H and O–H groups in total. The molecule has 2 heterocycles. The van der Waals surface area contributed by atoms with Crippen LogP contribution < -0.4 is 10.6 Å². The first kappa shape index (κ1) is 41.0. The quantitative estimate of drug-likeness (QED) is 0.0834. The summed E-state index contributed by atoms with van der Waals surface area (Å²) in [5.74, 6) is 0.663. The number of hydrogen-bond acceptors (Lipinski definition) is 8. The van der Waals surface area contributed by atoms with E-state index in [4.69, 9.17) is 10.5 Å². The van der Waals surface area contributed by atoms with Gasteiger partial charge in [0.1, 0.15) is 13.1 Å². The summed E-state index contributed by atoms with van der Waals surface area (Å²) >= 11 is 4.87. The lowest BCUT2D eigenvalue weighted by atomic mass is 10.0. The molecule has 4 aromatic carbocycles. The number of pyridine rings is 1. The van der Waals surface area contributed by atoms with Crippen molar-refractivity contribution in [3.05, 3.63) is 115 Å². The fourth-order valence-electron chi connectivity index (χ4n) is 6.00. The van der Waals surface area contributed by atoms with Crippen LogP contribution in [0.1, 0.15) is 40.5 Å². The van der Waals surface area contributed by atoms with E-state index in [9.17, 15) is 9.59 Å². The van der Waals surface area contributed by atoms with Gasteiger partial charge in [-0.3, -0.25) is 14.6 Å². The van der Waals surface area contributed by atoms with Crippen LogP contribution in [0.4, 0.5) is 0 Å². The molecule has 0 aliphatic rings. The molecule has 0 saturated heterocycles. The summed E-state index contributed by atoms with van der Waals surface area (Å²) in [5.41, 5.74) is 5.68. The van der Waals surface area contributed by atoms with Gasteiger partial charge < -0.3 is 10.6 Å². The van der Waals surface area contributed by atoms with Crippen LogP contribution in [0.2, 0.25) is 0 Å². The normalized spacial score (nSPS) is 12.0. The van der Waals surface area contributed by atoms with Crippen molar-refractivity contribution < 1.29 is 9.59 Å². The number of hydrogen-bond donors (Lipinski definition) is 2. The van der Waals surface area contributed by atoms with Crippen LogP contribution >= 0.6 is 34.9 Å². The number of thioether (sulfide) groups is 2. The lowest BCUT2D eigenvalue weighted by Crippen LogP contribution is -2.33. The third kappa shape index (κ3) is 11.9. The van der Waals surface area contributed by atoms with Crippen LogP contribution in [0.5, 0.6) is 0 Å². The number of nitrogens with zero attached hydrogens (tertiary/aromatic N) is 3. The number of fused-ring (bicyclic) bond motifs is 2. The summed E-state index contributed by atoms with van der Waals surface area (Å²) in [4.78, 5) is 31.2. The highest BCUT2D eigenvalue weighted by Crippen LogP contribution is 2.35. The van der Waals surface area contributed by atoms with Crippen molar-refractivity contribution in [2.24, 2.45) is 11.8 Å². The molecule has 0 radical (unpaired) electrons. The molecular formula is C45H45N5O2S3. The number of aromatic nitrogens is 1. The van der Waals surface area contributed by atoms with Crippen molar-refractivity contribution >= 4 is 67.7 Å². The first-order valence-electron chi connectivity index (χ1n) is 18.3. The van der Waals surface area contributed by atoms with Crippen molar-refractivity contribution in [3.63, 3.8) is 0 Å². The van der Waals surface area contributed by atoms with Gasteiger partial charge in [0.2, 0.25) is 11.8 Å². The fourth-order valence-corrected chi connectivity index (χ4v) is 9.52. The second-order valence-corrected chi connectivity index (χ2v) is 17.3. The zero-order valence-electron chi connectivity index (χ0n) is 31.5. The largest absolute Gasteiger partial charge is 0.342 e. The van der Waals surface area contributed by atoms with Gasteiger partial charge in [-0.05, 0) is 106 Å². The maximum atomic E-state index is 12.4. The third-order valence-electron chi connectivity index (χ3n) is 8.63. The molecular weight excluding hydrogens is 739 g/mol. The Morgan fingerprint density at radius 2 is 1.22 bits per heavy atom. The minimum absolute atomic E-state index is 0.0454. The number of benzene rings is 4. The van der Waals surface area contributed by atoms with E-state index in [1.54, 1.807) is 41.1 Å². The minimum Gasteiger partial charge on any atom is -0.342 e. The Hall–Kier alpha value is -5.13. The minimum atomic E-state index is -0.203. The van der Waals surface area contributed by atoms with Crippen LogP contribution in [-0.4, -0.2) is 40.4 Å². The second kappa shape index (κ2) is 20.5. The van der Waals surface area contributed by atoms with Crippen LogP contribution in [0.3, 0.4) is 0 Å². The molecule has 0 saturated carbocycles. The number of amides is 2. The Balaban J connectivity index is 0.000000211. The number of nitriles is 2. The Labute approximate surface area is 336 Å². The molecule has 2 atom stereocenters. The van der Waals surface area contributed by atoms with Crippen LogP contribution in [0, 0.1) is 34.5 Å². The standard InChI is InChI=1S/C23H23N3OS.C22H22N2OS2/c1-16(2)14-22(23(27)26-13-11-24)28-20-8-5-17(6-9-20)18-7-10-21-19(15-18)4-3-12-25-21;1-15(2)14-20(22(25)24-12-11-23)27-18-8-6-16(7-9-18)19-5-3-4-17-10-13-26-21(17)19/h3-10,12,15-16,22H,13-14H2,1-2H3,(H,26,27);3-10,13,15,20H,12,14H2,1-2H3,(H,24,25). The van der Waals surface area contributed by atoms with Crippen LogP contribution in [0.15, 0.2) is 124 Å². The molecule has 2 unspecified atom stereocenters. The van der Waals surface area contributed by atoms with E-state index in [2.05, 4.69) is 140 Å². The van der Waals surface area contributed by atoms with Gasteiger partial charge in [0, 0.05) is 26.1 Å². The Morgan fingerprint density at radius 1 is 0.673 bits per heavy atom. The number of rotatable bonds is 14. The van der Waals surface area contributed by atoms with Gasteiger partial charge in [0.05, 0.1) is 28.2 Å². The first-order chi connectivity index (χ1) is 26.6. The van der Waals surface area contributed by atoms with Crippen molar-refractivity contribution in [2.45, 2.75) is 60.8 Å². The van der Waals surface area contributed by atoms with Gasteiger partial charge in [0.15, 0.2) is 0 Å². The number of carbonyl (C=O) groups is 2. The molecule has 6 rings (SSSR count). The topological polar surface area (TPSA) is 119 Å². The van der Waals surface area contributed by atoms with Gasteiger partial charge in [-0.25, -0.2) is 0 Å². The summed E-state index contributed by atoms with van der Waals surface area (Å²) in [6.45, 7) is 8.51. The predicted octanol–water partition coefficient (Wildman–Crippen LogP) is 10.8. The third-order valence-corrected chi connectivity index (χ3v) is 12.1. The first-order valence-corrected chi connectivity index (χ1v) is 20.9. The summed E-state index contributed by atoms with van der Waals surface area (Å²) in [6.07, 6.45) is 3.34. The summed E-state index contributed by atoms with van der Waals surface area (Å²) < 4.78 is 1.30. The van der Waals surface area contributed by atoms with E-state index >= 15 is 0 Å². The number of nitrogens with one attached hydrogen (secondary N) is 2. The summed E-state index contributed by atoms with van der Waals surface area (Å²) in [5, 5.41) is 26.9. The molecule has 10 heteroatoms. The number of carbonyl (C=O) groups excluding carboxylic acids is 2. The average Bonchev–Trinajstić information content (AvgIpc) is 3.68. The van der Waals surface area contributed by atoms with E-state index in [1.165, 1.54) is 21.2 Å². The predicted molar refractivity (Wildman–Crippen MR) is 230 cm³/mol. The fraction of sp³-hybridized carbons (Fsp3) is 0.267. The van der Waals surface area contributed by atoms with Crippen molar-refractivity contribution in [1.82, 2.24) is 15.6 Å². The van der Waals surface area contributed by atoms with Crippen molar-refractivity contribution in [2.75, 3.05) is 13.1 Å². The Kier molecular flexibility index (Phi) is 15.3. The molecule has 0 spiro atoms. The monoisotopic (exact) mass is 783 g/mol. The molecule has 2 aromatic heterocycles. The van der Waals surface area contributed by atoms with E-state index in [0.29, 0.717) is 11.8 Å². The summed E-state index contributed by atoms with van der Waals surface area (Å²) in [6, 6.07) is 39.4. The molecule has 280 valence electrons. The lowest BCUT2D eigenvalue weighted by molar-refractivity contribution is -0.121. The molecule has 7 nitrogen and oxygen atoms in total. The average molecular weight is 784 g/mol. The molecule has 0 aliphatic carbocycles. The molecule has 2 amide bonds. The Morgan fingerprint density at radius 3 is 1.78 bits per heavy atom. The maximum Gasteiger partial charge on any atom is 0.234 e. The molecule has 0 bridgehead atoms. The van der Waals surface area contributed by atoms with E-state index in [-0.39, 0.29) is 35.4 Å². The molecule has 55 heavy (non-hydrogen) atoms. The second-order valence-electron chi connectivity index (χ2n) is 13.8. The smallest absolute Gasteiger partial charge is 0.234 e.